The Morgan fingerprint density at radius 1 is 1.09 bits per heavy atom. The molecule has 23 heavy (non-hydrogen) atoms. The van der Waals surface area contributed by atoms with E-state index in [9.17, 15) is 9.59 Å². The molecule has 0 unspecified atom stereocenters. The monoisotopic (exact) mass is 307 g/mol. The van der Waals surface area contributed by atoms with Crippen LogP contribution < -0.4 is 10.6 Å². The average molecular weight is 307 g/mol. The van der Waals surface area contributed by atoms with E-state index in [1.54, 1.807) is 24.3 Å². The first kappa shape index (κ1) is 16.2. The van der Waals surface area contributed by atoms with Gasteiger partial charge in [-0.15, -0.1) is 0 Å². The molecule has 0 aliphatic heterocycles. The molecule has 116 valence electrons. The summed E-state index contributed by atoms with van der Waals surface area (Å²) in [5.41, 5.74) is 2.69. The van der Waals surface area contributed by atoms with E-state index in [0.717, 1.165) is 17.7 Å². The second-order valence-corrected chi connectivity index (χ2v) is 4.93. The van der Waals surface area contributed by atoms with Crippen molar-refractivity contribution in [2.45, 2.75) is 13.3 Å². The minimum absolute atomic E-state index is 0.114. The molecule has 2 rings (SSSR count). The molecule has 0 fully saturated rings. The second kappa shape index (κ2) is 7.76. The number of aryl methyl sites for hydroxylation is 1. The molecule has 0 spiro atoms. The topological polar surface area (TPSA) is 82.0 Å². The third-order valence-electron chi connectivity index (χ3n) is 3.36. The minimum atomic E-state index is -0.353. The van der Waals surface area contributed by atoms with Gasteiger partial charge in [0.1, 0.15) is 0 Å². The molecule has 0 aliphatic rings. The zero-order chi connectivity index (χ0) is 16.7. The summed E-state index contributed by atoms with van der Waals surface area (Å²) < 4.78 is 0. The van der Waals surface area contributed by atoms with Crippen molar-refractivity contribution in [3.63, 3.8) is 0 Å². The van der Waals surface area contributed by atoms with Gasteiger partial charge < -0.3 is 10.6 Å². The molecule has 0 saturated heterocycles. The molecular formula is C18H17N3O2. The number of benzene rings is 2. The Morgan fingerprint density at radius 2 is 1.78 bits per heavy atom. The number of carbonyl (C=O) groups excluding carboxylic acids is 2. The van der Waals surface area contributed by atoms with Crippen LogP contribution in [-0.4, -0.2) is 18.4 Å². The van der Waals surface area contributed by atoms with Crippen LogP contribution in [0.4, 0.5) is 5.69 Å². The molecule has 0 radical (unpaired) electrons. The molecule has 5 heteroatoms. The SMILES string of the molecule is CCc1ccccc1NC(=O)CNC(=O)c1ccc(C#N)cc1. The van der Waals surface area contributed by atoms with Gasteiger partial charge in [-0.25, -0.2) is 0 Å². The Hall–Kier alpha value is -3.13. The van der Waals surface area contributed by atoms with Crippen LogP contribution in [0.15, 0.2) is 48.5 Å². The van der Waals surface area contributed by atoms with Crippen molar-refractivity contribution in [3.8, 4) is 6.07 Å². The van der Waals surface area contributed by atoms with Gasteiger partial charge in [0.25, 0.3) is 5.91 Å². The highest BCUT2D eigenvalue weighted by molar-refractivity contribution is 5.99. The normalized spacial score (nSPS) is 9.74. The summed E-state index contributed by atoms with van der Waals surface area (Å²) in [5.74, 6) is -0.638. The molecule has 5 nitrogen and oxygen atoms in total. The first-order valence-corrected chi connectivity index (χ1v) is 7.30. The fraction of sp³-hybridized carbons (Fsp3) is 0.167. The van der Waals surface area contributed by atoms with E-state index in [4.69, 9.17) is 5.26 Å². The third kappa shape index (κ3) is 4.42. The number of nitrogens with one attached hydrogen (secondary N) is 2. The highest BCUT2D eigenvalue weighted by Crippen LogP contribution is 2.15. The molecule has 2 N–H and O–H groups in total. The lowest BCUT2D eigenvalue weighted by Crippen LogP contribution is -2.33. The number of carbonyl (C=O) groups is 2. The maximum Gasteiger partial charge on any atom is 0.251 e. The summed E-state index contributed by atoms with van der Waals surface area (Å²) in [5, 5.41) is 14.1. The molecule has 0 aromatic heterocycles. The van der Waals surface area contributed by atoms with Gasteiger partial charge in [-0.3, -0.25) is 9.59 Å². The Labute approximate surface area is 134 Å². The Bertz CT molecular complexity index is 746. The van der Waals surface area contributed by atoms with Gasteiger partial charge in [0.15, 0.2) is 0 Å². The number of amides is 2. The maximum absolute atomic E-state index is 12.0. The lowest BCUT2D eigenvalue weighted by Gasteiger charge is -2.10. The maximum atomic E-state index is 12.0. The van der Waals surface area contributed by atoms with E-state index >= 15 is 0 Å². The second-order valence-electron chi connectivity index (χ2n) is 4.93. The fourth-order valence-electron chi connectivity index (χ4n) is 2.10. The van der Waals surface area contributed by atoms with Crippen LogP contribution in [-0.2, 0) is 11.2 Å². The summed E-state index contributed by atoms with van der Waals surface area (Å²) >= 11 is 0. The van der Waals surface area contributed by atoms with Crippen molar-refractivity contribution in [2.24, 2.45) is 0 Å². The van der Waals surface area contributed by atoms with Gasteiger partial charge in [-0.2, -0.15) is 5.26 Å². The van der Waals surface area contributed by atoms with E-state index in [0.29, 0.717) is 11.1 Å². The smallest absolute Gasteiger partial charge is 0.251 e. The molecule has 0 heterocycles. The average Bonchev–Trinajstić information content (AvgIpc) is 2.60. The standard InChI is InChI=1S/C18H17N3O2/c1-2-14-5-3-4-6-16(14)21-17(22)12-20-18(23)15-9-7-13(11-19)8-10-15/h3-10H,2,12H2,1H3,(H,20,23)(H,21,22). The summed E-state index contributed by atoms with van der Waals surface area (Å²) in [6, 6.07) is 15.8. The Kier molecular flexibility index (Phi) is 5.48. The number of para-hydroxylation sites is 1. The summed E-state index contributed by atoms with van der Waals surface area (Å²) in [4.78, 5) is 23.9. The van der Waals surface area contributed by atoms with Crippen LogP contribution in [0.2, 0.25) is 0 Å². The zero-order valence-electron chi connectivity index (χ0n) is 12.8. The fourth-order valence-corrected chi connectivity index (χ4v) is 2.10. The molecule has 2 aromatic rings. The Balaban J connectivity index is 1.91. The number of hydrogen-bond acceptors (Lipinski definition) is 3. The van der Waals surface area contributed by atoms with Crippen molar-refractivity contribution in [1.29, 1.82) is 5.26 Å². The van der Waals surface area contributed by atoms with Crippen LogP contribution in [0.25, 0.3) is 0 Å². The van der Waals surface area contributed by atoms with Gasteiger partial charge in [-0.05, 0) is 42.3 Å². The van der Waals surface area contributed by atoms with Gasteiger partial charge >= 0.3 is 0 Å². The van der Waals surface area contributed by atoms with Gasteiger partial charge in [-0.1, -0.05) is 25.1 Å². The first-order chi connectivity index (χ1) is 11.1. The number of hydrogen-bond donors (Lipinski definition) is 2. The van der Waals surface area contributed by atoms with Gasteiger partial charge in [0, 0.05) is 11.3 Å². The molecule has 2 aromatic carbocycles. The van der Waals surface area contributed by atoms with Crippen molar-refractivity contribution < 1.29 is 9.59 Å². The lowest BCUT2D eigenvalue weighted by atomic mass is 10.1. The number of anilines is 1. The summed E-state index contributed by atoms with van der Waals surface area (Å²) in [6.45, 7) is 1.90. The number of nitrogens with zero attached hydrogens (tertiary/aromatic N) is 1. The van der Waals surface area contributed by atoms with Crippen LogP contribution in [0.1, 0.15) is 28.4 Å². The molecule has 2 amide bonds. The van der Waals surface area contributed by atoms with Gasteiger partial charge in [0.2, 0.25) is 5.91 Å². The van der Waals surface area contributed by atoms with Crippen LogP contribution in [0.3, 0.4) is 0 Å². The van der Waals surface area contributed by atoms with E-state index in [2.05, 4.69) is 10.6 Å². The highest BCUT2D eigenvalue weighted by Gasteiger charge is 2.09. The molecular weight excluding hydrogens is 290 g/mol. The highest BCUT2D eigenvalue weighted by atomic mass is 16.2. The van der Waals surface area contributed by atoms with Crippen LogP contribution >= 0.6 is 0 Å². The number of nitriles is 1. The van der Waals surface area contributed by atoms with E-state index in [1.807, 2.05) is 37.3 Å². The molecule has 0 saturated carbocycles. The van der Waals surface area contributed by atoms with Crippen LogP contribution in [0, 0.1) is 11.3 Å². The molecule has 0 aliphatic carbocycles. The van der Waals surface area contributed by atoms with E-state index in [-0.39, 0.29) is 18.4 Å². The molecule has 0 bridgehead atoms. The summed E-state index contributed by atoms with van der Waals surface area (Å²) in [6.07, 6.45) is 0.814. The minimum Gasteiger partial charge on any atom is -0.343 e. The third-order valence-corrected chi connectivity index (χ3v) is 3.36. The summed E-state index contributed by atoms with van der Waals surface area (Å²) in [7, 11) is 0. The zero-order valence-corrected chi connectivity index (χ0v) is 12.8. The predicted molar refractivity (Wildman–Crippen MR) is 87.9 cm³/mol. The quantitative estimate of drug-likeness (QED) is 0.890. The Morgan fingerprint density at radius 3 is 2.43 bits per heavy atom. The van der Waals surface area contributed by atoms with Gasteiger partial charge in [0.05, 0.1) is 18.2 Å². The predicted octanol–water partition coefficient (Wildman–Crippen LogP) is 2.49. The molecule has 0 atom stereocenters. The van der Waals surface area contributed by atoms with E-state index < -0.39 is 0 Å². The lowest BCUT2D eigenvalue weighted by molar-refractivity contribution is -0.115. The van der Waals surface area contributed by atoms with E-state index in [1.165, 1.54) is 0 Å². The number of rotatable bonds is 5. The van der Waals surface area contributed by atoms with Crippen molar-refractivity contribution in [1.82, 2.24) is 5.32 Å². The largest absolute Gasteiger partial charge is 0.343 e. The van der Waals surface area contributed by atoms with Crippen LogP contribution in [0.5, 0.6) is 0 Å². The van der Waals surface area contributed by atoms with Crippen molar-refractivity contribution in [2.75, 3.05) is 11.9 Å². The first-order valence-electron chi connectivity index (χ1n) is 7.30. The van der Waals surface area contributed by atoms with Crippen molar-refractivity contribution in [3.05, 3.63) is 65.2 Å². The van der Waals surface area contributed by atoms with Crippen molar-refractivity contribution >= 4 is 17.5 Å².